The van der Waals surface area contributed by atoms with Crippen molar-refractivity contribution in [3.8, 4) is 0 Å². The van der Waals surface area contributed by atoms with Gasteiger partial charge in [0.05, 0.1) is 5.25 Å². The highest BCUT2D eigenvalue weighted by Gasteiger charge is 2.29. The van der Waals surface area contributed by atoms with E-state index in [4.69, 9.17) is 0 Å². The van der Waals surface area contributed by atoms with E-state index in [-0.39, 0.29) is 17.9 Å². The summed E-state index contributed by atoms with van der Waals surface area (Å²) in [6.07, 6.45) is 4.10. The molecule has 1 aliphatic heterocycles. The van der Waals surface area contributed by atoms with Crippen molar-refractivity contribution in [1.29, 1.82) is 0 Å². The molecule has 1 heterocycles. The lowest BCUT2D eigenvalue weighted by molar-refractivity contribution is -0.120. The predicted molar refractivity (Wildman–Crippen MR) is 123 cm³/mol. The number of benzene rings is 1. The maximum atomic E-state index is 12.7. The van der Waals surface area contributed by atoms with Crippen LogP contribution in [0.25, 0.3) is 0 Å². The van der Waals surface area contributed by atoms with E-state index < -0.39 is 15.3 Å². The number of amides is 1. The quantitative estimate of drug-likeness (QED) is 0.708. The van der Waals surface area contributed by atoms with Crippen molar-refractivity contribution >= 4 is 27.3 Å². The standard InChI is InChI=1S/C23H37N3O3S/c1-16(2)30(28,29)25-21-7-5-19(6-8-21)23(27)24-20-9-11-22(12-10-20)26-14-17(3)13-18(4)15-26/h9-12,16-19,21,25H,5-8,13-15H2,1-4H3,(H,24,27)/t17-,18-,19-,21-/m1/s1. The highest BCUT2D eigenvalue weighted by atomic mass is 32.2. The van der Waals surface area contributed by atoms with Gasteiger partial charge < -0.3 is 10.2 Å². The van der Waals surface area contributed by atoms with Gasteiger partial charge in [-0.25, -0.2) is 13.1 Å². The first kappa shape index (κ1) is 23.1. The second-order valence-corrected chi connectivity index (χ2v) is 11.9. The van der Waals surface area contributed by atoms with Crippen LogP contribution in [0.1, 0.15) is 59.8 Å². The number of sulfonamides is 1. The number of hydrogen-bond acceptors (Lipinski definition) is 4. The lowest BCUT2D eigenvalue weighted by atomic mass is 9.86. The minimum absolute atomic E-state index is 0.0353. The molecule has 168 valence electrons. The zero-order valence-corrected chi connectivity index (χ0v) is 19.5. The van der Waals surface area contributed by atoms with Crippen LogP contribution < -0.4 is 14.9 Å². The van der Waals surface area contributed by atoms with Crippen molar-refractivity contribution in [2.45, 2.75) is 71.1 Å². The number of rotatable bonds is 6. The molecule has 1 amide bonds. The Bertz CT molecular complexity index is 805. The first-order valence-corrected chi connectivity index (χ1v) is 12.9. The molecular weight excluding hydrogens is 398 g/mol. The number of hydrogen-bond donors (Lipinski definition) is 2. The molecule has 1 aromatic rings. The van der Waals surface area contributed by atoms with Crippen LogP contribution in [0.4, 0.5) is 11.4 Å². The fourth-order valence-electron chi connectivity index (χ4n) is 4.72. The number of carbonyl (C=O) groups is 1. The Labute approximate surface area is 181 Å². The molecule has 30 heavy (non-hydrogen) atoms. The third-order valence-corrected chi connectivity index (χ3v) is 8.32. The van der Waals surface area contributed by atoms with Crippen LogP contribution in [0.5, 0.6) is 0 Å². The highest BCUT2D eigenvalue weighted by Crippen LogP contribution is 2.29. The van der Waals surface area contributed by atoms with E-state index in [2.05, 4.69) is 40.9 Å². The van der Waals surface area contributed by atoms with Crippen molar-refractivity contribution in [2.75, 3.05) is 23.3 Å². The van der Waals surface area contributed by atoms with Gasteiger partial charge in [-0.1, -0.05) is 13.8 Å². The van der Waals surface area contributed by atoms with Crippen LogP contribution in [0.3, 0.4) is 0 Å². The molecule has 0 spiro atoms. The molecule has 1 aromatic carbocycles. The first-order valence-electron chi connectivity index (χ1n) is 11.3. The van der Waals surface area contributed by atoms with Crippen molar-refractivity contribution < 1.29 is 13.2 Å². The molecule has 1 saturated heterocycles. The van der Waals surface area contributed by atoms with Gasteiger partial charge in [0.1, 0.15) is 0 Å². The van der Waals surface area contributed by atoms with Gasteiger partial charge in [0.25, 0.3) is 0 Å². The van der Waals surface area contributed by atoms with Gasteiger partial charge in [-0.2, -0.15) is 0 Å². The van der Waals surface area contributed by atoms with Gasteiger partial charge in [0, 0.05) is 36.4 Å². The molecule has 7 heteroatoms. The second-order valence-electron chi connectivity index (χ2n) is 9.65. The monoisotopic (exact) mass is 435 g/mol. The summed E-state index contributed by atoms with van der Waals surface area (Å²) in [6.45, 7) is 10.1. The number of anilines is 2. The number of nitrogens with one attached hydrogen (secondary N) is 2. The Morgan fingerprint density at radius 3 is 2.10 bits per heavy atom. The Hall–Kier alpha value is -1.60. The van der Waals surface area contributed by atoms with E-state index in [0.717, 1.165) is 18.8 Å². The zero-order chi connectivity index (χ0) is 21.9. The fraction of sp³-hybridized carbons (Fsp3) is 0.696. The maximum Gasteiger partial charge on any atom is 0.227 e. The van der Waals surface area contributed by atoms with Crippen molar-refractivity contribution in [1.82, 2.24) is 4.72 Å². The van der Waals surface area contributed by atoms with E-state index in [1.165, 1.54) is 12.1 Å². The van der Waals surface area contributed by atoms with Crippen LogP contribution in [-0.2, 0) is 14.8 Å². The van der Waals surface area contributed by atoms with Gasteiger partial charge in [-0.3, -0.25) is 4.79 Å². The number of carbonyl (C=O) groups excluding carboxylic acids is 1. The van der Waals surface area contributed by atoms with E-state index in [1.54, 1.807) is 13.8 Å². The van der Waals surface area contributed by atoms with Crippen LogP contribution >= 0.6 is 0 Å². The minimum Gasteiger partial charge on any atom is -0.371 e. The molecule has 3 rings (SSSR count). The molecule has 0 aromatic heterocycles. The van der Waals surface area contributed by atoms with E-state index in [9.17, 15) is 13.2 Å². The van der Waals surface area contributed by atoms with Crippen molar-refractivity contribution in [2.24, 2.45) is 17.8 Å². The topological polar surface area (TPSA) is 78.5 Å². The summed E-state index contributed by atoms with van der Waals surface area (Å²) in [7, 11) is -3.26. The van der Waals surface area contributed by atoms with Crippen molar-refractivity contribution in [3.05, 3.63) is 24.3 Å². The Kier molecular flexibility index (Phi) is 7.45. The van der Waals surface area contributed by atoms with Gasteiger partial charge in [-0.15, -0.1) is 0 Å². The lowest BCUT2D eigenvalue weighted by Gasteiger charge is -2.36. The molecule has 0 bridgehead atoms. The molecule has 6 nitrogen and oxygen atoms in total. The molecular formula is C23H37N3O3S. The summed E-state index contributed by atoms with van der Waals surface area (Å²) < 4.78 is 26.9. The first-order chi connectivity index (χ1) is 14.1. The lowest BCUT2D eigenvalue weighted by Crippen LogP contribution is -2.42. The molecule has 2 atom stereocenters. The summed E-state index contributed by atoms with van der Waals surface area (Å²) in [5.74, 6) is 1.38. The van der Waals surface area contributed by atoms with Gasteiger partial charge in [0.2, 0.25) is 15.9 Å². The molecule has 2 N–H and O–H groups in total. The average Bonchev–Trinajstić information content (AvgIpc) is 2.68. The second kappa shape index (κ2) is 9.69. The number of piperidine rings is 1. The van der Waals surface area contributed by atoms with Crippen LogP contribution in [0.2, 0.25) is 0 Å². The Morgan fingerprint density at radius 1 is 1.00 bits per heavy atom. The van der Waals surface area contributed by atoms with E-state index in [1.807, 2.05) is 12.1 Å². The third-order valence-electron chi connectivity index (χ3n) is 6.42. The van der Waals surface area contributed by atoms with Gasteiger partial charge in [-0.05, 0) is 82.1 Å². The Morgan fingerprint density at radius 2 is 1.57 bits per heavy atom. The van der Waals surface area contributed by atoms with Gasteiger partial charge in [0.15, 0.2) is 0 Å². The zero-order valence-electron chi connectivity index (χ0n) is 18.7. The molecule has 1 saturated carbocycles. The largest absolute Gasteiger partial charge is 0.371 e. The third kappa shape index (κ3) is 5.97. The molecule has 0 radical (unpaired) electrons. The minimum atomic E-state index is -3.26. The smallest absolute Gasteiger partial charge is 0.227 e. The fourth-order valence-corrected chi connectivity index (χ4v) is 5.69. The predicted octanol–water partition coefficient (Wildman–Crippen LogP) is 3.99. The maximum absolute atomic E-state index is 12.7. The van der Waals surface area contributed by atoms with Crippen LogP contribution in [-0.4, -0.2) is 38.7 Å². The summed E-state index contributed by atoms with van der Waals surface area (Å²) >= 11 is 0. The summed E-state index contributed by atoms with van der Waals surface area (Å²) in [5, 5.41) is 2.61. The molecule has 0 unspecified atom stereocenters. The molecule has 2 fully saturated rings. The Balaban J connectivity index is 1.50. The molecule has 2 aliphatic rings. The average molecular weight is 436 g/mol. The molecule has 1 aliphatic carbocycles. The van der Waals surface area contributed by atoms with Crippen LogP contribution in [0, 0.1) is 17.8 Å². The normalized spacial score (nSPS) is 27.8. The highest BCUT2D eigenvalue weighted by molar-refractivity contribution is 7.90. The SMILES string of the molecule is CC(C)S(=O)(=O)N[C@H]1CC[C@H](C(=O)Nc2ccc(N3C[C@H](C)C[C@@H](C)C3)cc2)CC1. The summed E-state index contributed by atoms with van der Waals surface area (Å²) in [4.78, 5) is 15.1. The van der Waals surface area contributed by atoms with E-state index in [0.29, 0.717) is 37.5 Å². The van der Waals surface area contributed by atoms with E-state index >= 15 is 0 Å². The van der Waals surface area contributed by atoms with Gasteiger partial charge >= 0.3 is 0 Å². The van der Waals surface area contributed by atoms with Crippen LogP contribution in [0.15, 0.2) is 24.3 Å². The number of nitrogens with zero attached hydrogens (tertiary/aromatic N) is 1. The summed E-state index contributed by atoms with van der Waals surface area (Å²) in [6, 6.07) is 8.10. The van der Waals surface area contributed by atoms with Crippen molar-refractivity contribution in [3.63, 3.8) is 0 Å². The summed E-state index contributed by atoms with van der Waals surface area (Å²) in [5.41, 5.74) is 2.04.